The third-order valence-corrected chi connectivity index (χ3v) is 9.91. The Morgan fingerprint density at radius 3 is 2.12 bits per heavy atom. The van der Waals surface area contributed by atoms with Gasteiger partial charge in [0.15, 0.2) is 5.60 Å². The Labute approximate surface area is 252 Å². The van der Waals surface area contributed by atoms with Gasteiger partial charge >= 0.3 is 0 Å². The zero-order valence-corrected chi connectivity index (χ0v) is 25.4. The van der Waals surface area contributed by atoms with Gasteiger partial charge in [-0.1, -0.05) is 19.1 Å². The van der Waals surface area contributed by atoms with Gasteiger partial charge in [-0.15, -0.1) is 0 Å². The summed E-state index contributed by atoms with van der Waals surface area (Å²) >= 11 is 0. The summed E-state index contributed by atoms with van der Waals surface area (Å²) in [5, 5.41) is 9.85. The lowest BCUT2D eigenvalue weighted by atomic mass is 9.71. The van der Waals surface area contributed by atoms with E-state index in [-0.39, 0.29) is 37.3 Å². The lowest BCUT2D eigenvalue weighted by molar-refractivity contribution is -0.146. The molecule has 0 bridgehead atoms. The second-order valence-electron chi connectivity index (χ2n) is 13.0. The van der Waals surface area contributed by atoms with Gasteiger partial charge in [-0.05, 0) is 81.8 Å². The largest absolute Gasteiger partial charge is 0.396 e. The first-order chi connectivity index (χ1) is 20.6. The molecule has 230 valence electrons. The van der Waals surface area contributed by atoms with Crippen LogP contribution in [0.4, 0.5) is 21.5 Å². The van der Waals surface area contributed by atoms with Crippen LogP contribution in [0.15, 0.2) is 42.5 Å². The maximum absolute atomic E-state index is 15.8. The molecular weight excluding hydrogens is 549 g/mol. The van der Waals surface area contributed by atoms with Crippen molar-refractivity contribution in [1.29, 1.82) is 0 Å². The van der Waals surface area contributed by atoms with E-state index in [1.807, 2.05) is 54.3 Å². The number of carbonyl (C=O) groups is 3. The summed E-state index contributed by atoms with van der Waals surface area (Å²) in [6.07, 6.45) is 4.26. The Morgan fingerprint density at radius 2 is 1.53 bits per heavy atom. The Morgan fingerprint density at radius 1 is 0.930 bits per heavy atom. The zero-order chi connectivity index (χ0) is 30.5. The fourth-order valence-electron chi connectivity index (χ4n) is 7.88. The van der Waals surface area contributed by atoms with Crippen LogP contribution in [-0.4, -0.2) is 54.3 Å². The van der Waals surface area contributed by atoms with Crippen molar-refractivity contribution in [2.75, 3.05) is 34.4 Å². The zero-order valence-electron chi connectivity index (χ0n) is 25.4. The summed E-state index contributed by atoms with van der Waals surface area (Å²) in [6.45, 7) is 6.30. The van der Waals surface area contributed by atoms with Gasteiger partial charge in [0.1, 0.15) is 5.67 Å². The molecule has 1 spiro atoms. The minimum absolute atomic E-state index is 0.0509. The van der Waals surface area contributed by atoms with Crippen LogP contribution in [0.5, 0.6) is 0 Å². The van der Waals surface area contributed by atoms with E-state index in [0.717, 1.165) is 36.9 Å². The van der Waals surface area contributed by atoms with E-state index in [0.29, 0.717) is 42.9 Å². The second kappa shape index (κ2) is 11.3. The van der Waals surface area contributed by atoms with Crippen LogP contribution in [-0.2, 0) is 31.3 Å². The van der Waals surface area contributed by atoms with Crippen LogP contribution in [0.25, 0.3) is 0 Å². The van der Waals surface area contributed by atoms with Crippen LogP contribution in [0.2, 0.25) is 0 Å². The van der Waals surface area contributed by atoms with Crippen LogP contribution < -0.4 is 14.7 Å². The van der Waals surface area contributed by atoms with Crippen molar-refractivity contribution in [2.24, 2.45) is 11.8 Å². The number of halogens is 1. The standard InChI is InChI=1S/C34H42FN3O5/c1-22-31(33(2,3)35)28(16-19-39)43-34(22)26-20-25(37-18-7-5-9-30(37)41)14-15-27(26)38(32(34)42)21-23-10-12-24(13-11-23)36-17-6-4-8-29(36)40/h10-15,20,22,28,31,39H,4-9,16-19,21H2,1-3H3/t22-,28+,31-,34+/m1/s1. The molecule has 0 saturated carbocycles. The number of nitrogens with zero attached hydrogens (tertiary/aromatic N) is 3. The van der Waals surface area contributed by atoms with E-state index < -0.39 is 29.2 Å². The van der Waals surface area contributed by atoms with E-state index in [1.54, 1.807) is 9.80 Å². The average Bonchev–Trinajstić information content (AvgIpc) is 3.40. The fraction of sp³-hybridized carbons (Fsp3) is 0.559. The van der Waals surface area contributed by atoms with Crippen LogP contribution in [0.3, 0.4) is 0 Å². The van der Waals surface area contributed by atoms with Gasteiger partial charge in [0.2, 0.25) is 11.8 Å². The summed E-state index contributed by atoms with van der Waals surface area (Å²) < 4.78 is 22.4. The molecule has 9 heteroatoms. The molecule has 3 saturated heterocycles. The van der Waals surface area contributed by atoms with E-state index in [4.69, 9.17) is 4.74 Å². The van der Waals surface area contributed by atoms with Crippen molar-refractivity contribution < 1.29 is 28.6 Å². The summed E-state index contributed by atoms with van der Waals surface area (Å²) in [5.41, 5.74) is 0.676. The molecular formula is C34H42FN3O5. The Bertz CT molecular complexity index is 1410. The number of alkyl halides is 1. The van der Waals surface area contributed by atoms with Crippen LogP contribution in [0.1, 0.15) is 76.8 Å². The minimum atomic E-state index is -1.65. The van der Waals surface area contributed by atoms with E-state index in [2.05, 4.69) is 0 Å². The number of aliphatic hydroxyl groups excluding tert-OH is 1. The van der Waals surface area contributed by atoms with Crippen molar-refractivity contribution in [3.63, 3.8) is 0 Å². The molecule has 0 radical (unpaired) electrons. The van der Waals surface area contributed by atoms with Gasteiger partial charge in [0.05, 0.1) is 18.3 Å². The van der Waals surface area contributed by atoms with Gasteiger partial charge in [-0.25, -0.2) is 4.39 Å². The molecule has 4 heterocycles. The molecule has 0 unspecified atom stereocenters. The van der Waals surface area contributed by atoms with Gasteiger partial charge in [0.25, 0.3) is 5.91 Å². The maximum atomic E-state index is 15.8. The topological polar surface area (TPSA) is 90.4 Å². The molecule has 2 aromatic carbocycles. The highest BCUT2D eigenvalue weighted by Crippen LogP contribution is 2.59. The molecule has 3 amide bonds. The monoisotopic (exact) mass is 591 g/mol. The smallest absolute Gasteiger partial charge is 0.264 e. The molecule has 0 aliphatic carbocycles. The molecule has 3 fully saturated rings. The van der Waals surface area contributed by atoms with Crippen molar-refractivity contribution in [3.05, 3.63) is 53.6 Å². The third-order valence-electron chi connectivity index (χ3n) is 9.91. The quantitative estimate of drug-likeness (QED) is 0.476. The lowest BCUT2D eigenvalue weighted by Crippen LogP contribution is -2.45. The first-order valence-electron chi connectivity index (χ1n) is 15.7. The number of fused-ring (bicyclic) bond motifs is 2. The molecule has 8 nitrogen and oxygen atoms in total. The number of carbonyl (C=O) groups excluding carboxylic acids is 3. The Hall–Kier alpha value is -3.30. The summed E-state index contributed by atoms with van der Waals surface area (Å²) in [7, 11) is 0. The number of hydrogen-bond donors (Lipinski definition) is 1. The molecule has 4 aliphatic rings. The Balaban J connectivity index is 1.39. The minimum Gasteiger partial charge on any atom is -0.396 e. The summed E-state index contributed by atoms with van der Waals surface area (Å²) in [4.78, 5) is 45.2. The molecule has 0 aromatic heterocycles. The number of amides is 3. The van der Waals surface area contributed by atoms with E-state index in [1.165, 1.54) is 13.8 Å². The molecule has 4 aliphatic heterocycles. The number of rotatable bonds is 7. The van der Waals surface area contributed by atoms with Crippen LogP contribution in [0, 0.1) is 11.8 Å². The first-order valence-corrected chi connectivity index (χ1v) is 15.7. The number of anilines is 3. The third kappa shape index (κ3) is 5.04. The van der Waals surface area contributed by atoms with Crippen LogP contribution >= 0.6 is 0 Å². The van der Waals surface area contributed by atoms with Gasteiger partial charge in [-0.2, -0.15) is 0 Å². The molecule has 43 heavy (non-hydrogen) atoms. The molecule has 6 rings (SSSR count). The number of piperidine rings is 2. The first kappa shape index (κ1) is 29.8. The lowest BCUT2D eigenvalue weighted by Gasteiger charge is -2.33. The average molecular weight is 592 g/mol. The molecule has 1 N–H and O–H groups in total. The van der Waals surface area contributed by atoms with E-state index in [9.17, 15) is 19.5 Å². The predicted octanol–water partition coefficient (Wildman–Crippen LogP) is 5.24. The number of ether oxygens (including phenoxy) is 1. The van der Waals surface area contributed by atoms with Gasteiger partial charge in [0, 0.05) is 61.3 Å². The van der Waals surface area contributed by atoms with Crippen molar-refractivity contribution in [1.82, 2.24) is 0 Å². The van der Waals surface area contributed by atoms with Gasteiger partial charge < -0.3 is 24.5 Å². The molecule has 4 atom stereocenters. The normalized spacial score (nSPS) is 27.9. The number of hydrogen-bond acceptors (Lipinski definition) is 5. The number of aliphatic hydroxyl groups is 1. The van der Waals surface area contributed by atoms with Crippen molar-refractivity contribution in [2.45, 2.75) is 89.6 Å². The Kier molecular flexibility index (Phi) is 7.84. The van der Waals surface area contributed by atoms with Crippen molar-refractivity contribution >= 4 is 34.8 Å². The molecule has 2 aromatic rings. The summed E-state index contributed by atoms with van der Waals surface area (Å²) in [6, 6.07) is 13.4. The SMILES string of the molecule is C[C@@H]1[C@@H](C(C)(C)F)[C@H](CCO)O[C@@]12C(=O)N(Cc1ccc(N3CCCCC3=O)cc1)c1ccc(N3CCCCC3=O)cc12. The predicted molar refractivity (Wildman–Crippen MR) is 163 cm³/mol. The highest BCUT2D eigenvalue weighted by atomic mass is 19.1. The maximum Gasteiger partial charge on any atom is 0.264 e. The highest BCUT2D eigenvalue weighted by molar-refractivity contribution is 6.08. The highest BCUT2D eigenvalue weighted by Gasteiger charge is 2.66. The fourth-order valence-corrected chi connectivity index (χ4v) is 7.88. The second-order valence-corrected chi connectivity index (χ2v) is 13.0. The number of benzene rings is 2. The van der Waals surface area contributed by atoms with E-state index >= 15 is 4.39 Å². The van der Waals surface area contributed by atoms with Crippen molar-refractivity contribution in [3.8, 4) is 0 Å². The van der Waals surface area contributed by atoms with Gasteiger partial charge in [-0.3, -0.25) is 14.4 Å². The summed E-state index contributed by atoms with van der Waals surface area (Å²) in [5.74, 6) is -1.24.